The van der Waals surface area contributed by atoms with Gasteiger partial charge in [-0.3, -0.25) is 0 Å². The average Bonchev–Trinajstić information content (AvgIpc) is 2.95. The number of methoxy groups -OCH3 is 1. The van der Waals surface area contributed by atoms with Crippen LogP contribution in [-0.2, 0) is 14.5 Å². The Morgan fingerprint density at radius 2 is 2.00 bits per heavy atom. The second-order valence-electron chi connectivity index (χ2n) is 5.97. The minimum absolute atomic E-state index is 0.0764. The van der Waals surface area contributed by atoms with Crippen LogP contribution in [0.1, 0.15) is 31.3 Å². The van der Waals surface area contributed by atoms with E-state index in [-0.39, 0.29) is 12.4 Å². The predicted molar refractivity (Wildman–Crippen MR) is 77.7 cm³/mol. The Morgan fingerprint density at radius 1 is 1.23 bits per heavy atom. The largest absolute Gasteiger partial charge is 0.493 e. The number of carbonyl (C=O) groups is 1. The number of hydrogen-bond acceptors (Lipinski definition) is 6. The number of fused-ring (bicyclic) bond motifs is 1. The highest BCUT2D eigenvalue weighted by atomic mass is 17.3. The van der Waals surface area contributed by atoms with Crippen molar-refractivity contribution in [1.29, 1.82) is 0 Å². The van der Waals surface area contributed by atoms with Gasteiger partial charge in [0, 0.05) is 5.39 Å². The average molecular weight is 306 g/mol. The standard InChI is InChI=1S/C16H18O6/c1-15(2)16(3,22-21-15)9-19-14(17)12-8-10-6-5-7-11(18-4)13(10)20-12/h5-8H,9H2,1-4H3. The first-order valence-electron chi connectivity index (χ1n) is 6.97. The summed E-state index contributed by atoms with van der Waals surface area (Å²) in [6.45, 7) is 5.64. The summed E-state index contributed by atoms with van der Waals surface area (Å²) in [6, 6.07) is 7.07. The van der Waals surface area contributed by atoms with Crippen molar-refractivity contribution in [3.8, 4) is 5.75 Å². The van der Waals surface area contributed by atoms with Crippen molar-refractivity contribution in [3.05, 3.63) is 30.0 Å². The molecule has 0 amide bonds. The van der Waals surface area contributed by atoms with Gasteiger partial charge in [-0.15, -0.1) is 0 Å². The molecule has 1 aliphatic heterocycles. The molecule has 0 radical (unpaired) electrons. The molecule has 0 aliphatic carbocycles. The van der Waals surface area contributed by atoms with Crippen molar-refractivity contribution in [3.63, 3.8) is 0 Å². The summed E-state index contributed by atoms with van der Waals surface area (Å²) in [4.78, 5) is 22.3. The highest BCUT2D eigenvalue weighted by molar-refractivity contribution is 5.94. The normalized spacial score (nSPS) is 23.1. The summed E-state index contributed by atoms with van der Waals surface area (Å²) in [6.07, 6.45) is 0. The Hall–Kier alpha value is -2.05. The number of rotatable bonds is 4. The van der Waals surface area contributed by atoms with Crippen LogP contribution in [-0.4, -0.2) is 30.9 Å². The van der Waals surface area contributed by atoms with E-state index in [1.54, 1.807) is 19.2 Å². The Kier molecular flexibility index (Phi) is 3.38. The highest BCUT2D eigenvalue weighted by Crippen LogP contribution is 2.40. The maximum absolute atomic E-state index is 12.2. The van der Waals surface area contributed by atoms with Crippen LogP contribution >= 0.6 is 0 Å². The van der Waals surface area contributed by atoms with Crippen LogP contribution < -0.4 is 4.74 Å². The number of hydrogen-bond donors (Lipinski definition) is 0. The molecule has 3 rings (SSSR count). The second kappa shape index (κ2) is 5.00. The van der Waals surface area contributed by atoms with Gasteiger partial charge in [-0.25, -0.2) is 14.6 Å². The first-order chi connectivity index (χ1) is 10.4. The molecule has 1 saturated heterocycles. The van der Waals surface area contributed by atoms with E-state index in [1.165, 1.54) is 0 Å². The summed E-state index contributed by atoms with van der Waals surface area (Å²) in [5.41, 5.74) is -0.664. The zero-order chi connectivity index (χ0) is 16.0. The molecule has 6 heteroatoms. The van der Waals surface area contributed by atoms with Gasteiger partial charge < -0.3 is 13.9 Å². The van der Waals surface area contributed by atoms with E-state index in [0.717, 1.165) is 5.39 Å². The van der Waals surface area contributed by atoms with Crippen LogP contribution in [0.3, 0.4) is 0 Å². The fraction of sp³-hybridized carbons (Fsp3) is 0.438. The minimum Gasteiger partial charge on any atom is -0.493 e. The molecule has 1 unspecified atom stereocenters. The lowest BCUT2D eigenvalue weighted by Gasteiger charge is -2.49. The Bertz CT molecular complexity index is 716. The fourth-order valence-electron chi connectivity index (χ4n) is 2.12. The molecule has 1 aromatic carbocycles. The van der Waals surface area contributed by atoms with Crippen molar-refractivity contribution in [1.82, 2.24) is 0 Å². The van der Waals surface area contributed by atoms with Crippen LogP contribution in [0.2, 0.25) is 0 Å². The minimum atomic E-state index is -0.674. The van der Waals surface area contributed by atoms with Crippen LogP contribution in [0, 0.1) is 0 Å². The third kappa shape index (κ3) is 2.24. The predicted octanol–water partition coefficient (Wildman–Crippen LogP) is 3.10. The van der Waals surface area contributed by atoms with E-state index in [9.17, 15) is 4.79 Å². The molecule has 22 heavy (non-hydrogen) atoms. The van der Waals surface area contributed by atoms with Gasteiger partial charge in [0.05, 0.1) is 7.11 Å². The summed E-state index contributed by atoms with van der Waals surface area (Å²) in [5, 5.41) is 0.779. The van der Waals surface area contributed by atoms with Crippen molar-refractivity contribution >= 4 is 16.9 Å². The van der Waals surface area contributed by atoms with E-state index in [2.05, 4.69) is 0 Å². The molecule has 1 aromatic heterocycles. The highest BCUT2D eigenvalue weighted by Gasteiger charge is 2.55. The lowest BCUT2D eigenvalue weighted by Crippen LogP contribution is -2.64. The topological polar surface area (TPSA) is 67.1 Å². The number of carbonyl (C=O) groups excluding carboxylic acids is 1. The van der Waals surface area contributed by atoms with Crippen LogP contribution in [0.5, 0.6) is 5.75 Å². The molecule has 118 valence electrons. The number of para-hydroxylation sites is 1. The molecular weight excluding hydrogens is 288 g/mol. The molecule has 1 fully saturated rings. The van der Waals surface area contributed by atoms with Crippen LogP contribution in [0.25, 0.3) is 11.0 Å². The molecule has 0 N–H and O–H groups in total. The Balaban J connectivity index is 1.76. The molecule has 0 saturated carbocycles. The third-order valence-corrected chi connectivity index (χ3v) is 4.12. The number of furan rings is 1. The summed E-state index contributed by atoms with van der Waals surface area (Å²) in [5.74, 6) is 0.146. The Labute approximate surface area is 127 Å². The van der Waals surface area contributed by atoms with Gasteiger partial charge in [-0.05, 0) is 32.9 Å². The smallest absolute Gasteiger partial charge is 0.374 e. The van der Waals surface area contributed by atoms with Crippen molar-refractivity contribution in [2.24, 2.45) is 0 Å². The maximum Gasteiger partial charge on any atom is 0.374 e. The van der Waals surface area contributed by atoms with Gasteiger partial charge in [0.1, 0.15) is 12.2 Å². The van der Waals surface area contributed by atoms with E-state index < -0.39 is 17.2 Å². The van der Waals surface area contributed by atoms with E-state index in [1.807, 2.05) is 32.9 Å². The molecule has 1 aliphatic rings. The van der Waals surface area contributed by atoms with Crippen LogP contribution in [0.15, 0.2) is 28.7 Å². The van der Waals surface area contributed by atoms with Gasteiger partial charge in [-0.1, -0.05) is 12.1 Å². The molecule has 6 nitrogen and oxygen atoms in total. The van der Waals surface area contributed by atoms with Gasteiger partial charge in [0.15, 0.2) is 16.9 Å². The van der Waals surface area contributed by atoms with Gasteiger partial charge >= 0.3 is 5.97 Å². The SMILES string of the molecule is COc1cccc2cc(C(=O)OCC3(C)OOC3(C)C)oc12. The maximum atomic E-state index is 12.2. The molecular formula is C16H18O6. The summed E-state index contributed by atoms with van der Waals surface area (Å²) < 4.78 is 16.1. The van der Waals surface area contributed by atoms with Crippen molar-refractivity contribution < 1.29 is 28.5 Å². The molecule has 0 spiro atoms. The second-order valence-corrected chi connectivity index (χ2v) is 5.97. The lowest BCUT2D eigenvalue weighted by molar-refractivity contribution is -0.543. The number of benzene rings is 1. The van der Waals surface area contributed by atoms with Crippen LogP contribution in [0.4, 0.5) is 0 Å². The zero-order valence-corrected chi connectivity index (χ0v) is 13.0. The quantitative estimate of drug-likeness (QED) is 0.638. The molecule has 2 aromatic rings. The first kappa shape index (κ1) is 14.9. The summed E-state index contributed by atoms with van der Waals surface area (Å²) in [7, 11) is 1.55. The Morgan fingerprint density at radius 3 is 2.59 bits per heavy atom. The van der Waals surface area contributed by atoms with Gasteiger partial charge in [0.25, 0.3) is 0 Å². The number of esters is 1. The fourth-order valence-corrected chi connectivity index (χ4v) is 2.12. The van der Waals surface area contributed by atoms with Gasteiger partial charge in [0.2, 0.25) is 5.76 Å². The zero-order valence-electron chi connectivity index (χ0n) is 13.0. The third-order valence-electron chi connectivity index (χ3n) is 4.12. The van der Waals surface area contributed by atoms with Crippen molar-refractivity contribution in [2.45, 2.75) is 32.0 Å². The molecule has 2 heterocycles. The van der Waals surface area contributed by atoms with Gasteiger partial charge in [-0.2, -0.15) is 0 Å². The molecule has 1 atom stereocenters. The first-order valence-corrected chi connectivity index (χ1v) is 6.97. The van der Waals surface area contributed by atoms with Crippen molar-refractivity contribution in [2.75, 3.05) is 13.7 Å². The van der Waals surface area contributed by atoms with E-state index >= 15 is 0 Å². The summed E-state index contributed by atoms with van der Waals surface area (Å²) >= 11 is 0. The number of ether oxygens (including phenoxy) is 2. The van der Waals surface area contributed by atoms with E-state index in [0.29, 0.717) is 11.3 Å². The van der Waals surface area contributed by atoms with E-state index in [4.69, 9.17) is 23.7 Å². The lowest BCUT2D eigenvalue weighted by atomic mass is 9.86. The molecule has 0 bridgehead atoms. The monoisotopic (exact) mass is 306 g/mol.